The van der Waals surface area contributed by atoms with Crippen LogP contribution in [0, 0.1) is 0 Å². The molecule has 2 amide bonds. The smallest absolute Gasteiger partial charge is 0.256 e. The lowest BCUT2D eigenvalue weighted by Gasteiger charge is -2.38. The maximum atomic E-state index is 12.8. The number of hydrogen-bond acceptors (Lipinski definition) is 4. The zero-order valence-electron chi connectivity index (χ0n) is 14.8. The first kappa shape index (κ1) is 16.0. The molecule has 0 atom stereocenters. The average Bonchev–Trinajstić information content (AvgIpc) is 3.35. The molecule has 0 unspecified atom stereocenters. The number of H-pyrrole nitrogens is 1. The fourth-order valence-electron chi connectivity index (χ4n) is 3.84. The number of carbonyl (C=O) groups excluding carboxylic acids is 2. The van der Waals surface area contributed by atoms with Gasteiger partial charge in [0.25, 0.3) is 5.91 Å². The van der Waals surface area contributed by atoms with Gasteiger partial charge in [0.15, 0.2) is 0 Å². The summed E-state index contributed by atoms with van der Waals surface area (Å²) < 4.78 is 1.81. The molecule has 2 fully saturated rings. The lowest BCUT2D eigenvalue weighted by atomic mass is 10.1. The third-order valence-corrected chi connectivity index (χ3v) is 5.43. The van der Waals surface area contributed by atoms with Crippen LogP contribution in [0.1, 0.15) is 34.9 Å². The van der Waals surface area contributed by atoms with Gasteiger partial charge in [-0.3, -0.25) is 9.59 Å². The van der Waals surface area contributed by atoms with E-state index in [-0.39, 0.29) is 17.9 Å². The van der Waals surface area contributed by atoms with Gasteiger partial charge in [0, 0.05) is 43.2 Å². The Labute approximate surface area is 155 Å². The van der Waals surface area contributed by atoms with Gasteiger partial charge in [0.1, 0.15) is 5.69 Å². The highest BCUT2D eigenvalue weighted by molar-refractivity contribution is 6.06. The summed E-state index contributed by atoms with van der Waals surface area (Å²) in [6.45, 7) is 2.54. The summed E-state index contributed by atoms with van der Waals surface area (Å²) in [6, 6.07) is 7.94. The Morgan fingerprint density at radius 1 is 1.26 bits per heavy atom. The highest BCUT2D eigenvalue weighted by atomic mass is 16.2. The molecular formula is C19H20N6O2. The van der Waals surface area contributed by atoms with Crippen LogP contribution in [0.4, 0.5) is 0 Å². The second-order valence-corrected chi connectivity index (χ2v) is 7.22. The lowest BCUT2D eigenvalue weighted by molar-refractivity contribution is -0.128. The van der Waals surface area contributed by atoms with Crippen molar-refractivity contribution in [3.05, 3.63) is 47.9 Å². The zero-order chi connectivity index (χ0) is 18.4. The van der Waals surface area contributed by atoms with Gasteiger partial charge in [-0.05, 0) is 12.5 Å². The Morgan fingerprint density at radius 3 is 2.93 bits per heavy atom. The molecule has 0 radical (unpaired) electrons. The van der Waals surface area contributed by atoms with Gasteiger partial charge in [-0.15, -0.1) is 5.10 Å². The van der Waals surface area contributed by atoms with Crippen molar-refractivity contribution in [3.8, 4) is 0 Å². The van der Waals surface area contributed by atoms with Crippen LogP contribution in [0.5, 0.6) is 0 Å². The molecule has 0 spiro atoms. The maximum Gasteiger partial charge on any atom is 0.256 e. The van der Waals surface area contributed by atoms with E-state index in [9.17, 15) is 9.59 Å². The third kappa shape index (κ3) is 2.77. The van der Waals surface area contributed by atoms with Crippen molar-refractivity contribution < 1.29 is 9.59 Å². The monoisotopic (exact) mass is 364 g/mol. The van der Waals surface area contributed by atoms with E-state index < -0.39 is 0 Å². The minimum Gasteiger partial charge on any atom is -0.360 e. The first-order valence-corrected chi connectivity index (χ1v) is 9.23. The molecule has 8 nitrogen and oxygen atoms in total. The SMILES string of the molecule is O=C1CCCN1Cc1cn(C2CN(C(=O)c3c[nH]c4ccccc34)C2)nn1. The van der Waals surface area contributed by atoms with E-state index in [4.69, 9.17) is 0 Å². The molecule has 0 bridgehead atoms. The van der Waals surface area contributed by atoms with Crippen molar-refractivity contribution in [2.24, 2.45) is 0 Å². The summed E-state index contributed by atoms with van der Waals surface area (Å²) in [5.74, 6) is 0.218. The maximum absolute atomic E-state index is 12.8. The first-order valence-electron chi connectivity index (χ1n) is 9.23. The predicted octanol–water partition coefficient (Wildman–Crippen LogP) is 1.58. The summed E-state index contributed by atoms with van der Waals surface area (Å²) in [7, 11) is 0. The topological polar surface area (TPSA) is 87.1 Å². The summed E-state index contributed by atoms with van der Waals surface area (Å²) in [5.41, 5.74) is 2.47. The van der Waals surface area contributed by atoms with Crippen molar-refractivity contribution in [2.75, 3.05) is 19.6 Å². The molecule has 0 saturated carbocycles. The van der Waals surface area contributed by atoms with Crippen molar-refractivity contribution in [3.63, 3.8) is 0 Å². The molecule has 3 aromatic rings. The van der Waals surface area contributed by atoms with Gasteiger partial charge in [0.2, 0.25) is 5.91 Å². The molecule has 2 aliphatic heterocycles. The quantitative estimate of drug-likeness (QED) is 0.761. The van der Waals surface area contributed by atoms with Gasteiger partial charge in [-0.25, -0.2) is 4.68 Å². The van der Waals surface area contributed by atoms with Crippen LogP contribution in [0.25, 0.3) is 10.9 Å². The number of benzene rings is 1. The molecule has 27 heavy (non-hydrogen) atoms. The minimum atomic E-state index is 0.0340. The Bertz CT molecular complexity index is 1020. The molecule has 2 saturated heterocycles. The van der Waals surface area contributed by atoms with Crippen molar-refractivity contribution in [2.45, 2.75) is 25.4 Å². The molecule has 0 aliphatic carbocycles. The second kappa shape index (κ2) is 6.22. The molecule has 2 aliphatic rings. The largest absolute Gasteiger partial charge is 0.360 e. The average molecular weight is 364 g/mol. The van der Waals surface area contributed by atoms with E-state index in [1.54, 1.807) is 6.20 Å². The van der Waals surface area contributed by atoms with Crippen LogP contribution >= 0.6 is 0 Å². The minimum absolute atomic E-state index is 0.0340. The number of carbonyl (C=O) groups is 2. The number of rotatable bonds is 4. The number of nitrogens with zero attached hydrogens (tertiary/aromatic N) is 5. The Morgan fingerprint density at radius 2 is 2.11 bits per heavy atom. The summed E-state index contributed by atoms with van der Waals surface area (Å²) in [6.07, 6.45) is 5.22. The van der Waals surface area contributed by atoms with Crippen LogP contribution in [0.2, 0.25) is 0 Å². The highest BCUT2D eigenvalue weighted by Crippen LogP contribution is 2.26. The van der Waals surface area contributed by atoms with Crippen molar-refractivity contribution in [1.82, 2.24) is 29.8 Å². The van der Waals surface area contributed by atoms with Gasteiger partial charge in [-0.2, -0.15) is 0 Å². The first-order chi connectivity index (χ1) is 13.2. The van der Waals surface area contributed by atoms with Crippen LogP contribution in [-0.4, -0.2) is 61.2 Å². The Hall–Kier alpha value is -3.16. The Kier molecular flexibility index (Phi) is 3.70. The third-order valence-electron chi connectivity index (χ3n) is 5.43. The number of amides is 2. The molecule has 4 heterocycles. The van der Waals surface area contributed by atoms with Crippen molar-refractivity contribution >= 4 is 22.7 Å². The van der Waals surface area contributed by atoms with Crippen LogP contribution in [0.3, 0.4) is 0 Å². The summed E-state index contributed by atoms with van der Waals surface area (Å²) >= 11 is 0. The molecule has 1 N–H and O–H groups in total. The number of hydrogen-bond donors (Lipinski definition) is 1. The fourth-order valence-corrected chi connectivity index (χ4v) is 3.84. The summed E-state index contributed by atoms with van der Waals surface area (Å²) in [5, 5.41) is 9.33. The standard InChI is InChI=1S/C19H20N6O2/c26-18-6-3-7-23(18)9-13-10-25(22-21-13)14-11-24(12-14)19(27)16-8-20-17-5-2-1-4-15(16)17/h1-2,4-5,8,10,14,20H,3,6-7,9,11-12H2. The molecule has 138 valence electrons. The molecule has 8 heteroatoms. The summed E-state index contributed by atoms with van der Waals surface area (Å²) in [4.78, 5) is 31.3. The van der Waals surface area contributed by atoms with E-state index in [0.29, 0.717) is 31.6 Å². The molecule has 1 aromatic carbocycles. The number of para-hydroxylation sites is 1. The number of fused-ring (bicyclic) bond motifs is 1. The van der Waals surface area contributed by atoms with Gasteiger partial charge < -0.3 is 14.8 Å². The van der Waals surface area contributed by atoms with E-state index in [1.165, 1.54) is 0 Å². The van der Waals surface area contributed by atoms with E-state index in [0.717, 1.165) is 29.6 Å². The fraction of sp³-hybridized carbons (Fsp3) is 0.368. The molecule has 5 rings (SSSR count). The number of aromatic nitrogens is 4. The van der Waals surface area contributed by atoms with Gasteiger partial charge in [0.05, 0.1) is 24.3 Å². The van der Waals surface area contributed by atoms with Crippen LogP contribution in [0.15, 0.2) is 36.7 Å². The van der Waals surface area contributed by atoms with E-state index >= 15 is 0 Å². The number of nitrogens with one attached hydrogen (secondary N) is 1. The number of likely N-dealkylation sites (tertiary alicyclic amines) is 2. The van der Waals surface area contributed by atoms with Gasteiger partial charge >= 0.3 is 0 Å². The normalized spacial score (nSPS) is 17.7. The van der Waals surface area contributed by atoms with E-state index in [1.807, 2.05) is 44.9 Å². The van der Waals surface area contributed by atoms with Crippen molar-refractivity contribution in [1.29, 1.82) is 0 Å². The molecular weight excluding hydrogens is 344 g/mol. The highest BCUT2D eigenvalue weighted by Gasteiger charge is 2.34. The number of aromatic amines is 1. The van der Waals surface area contributed by atoms with E-state index in [2.05, 4.69) is 15.3 Å². The zero-order valence-corrected chi connectivity index (χ0v) is 14.8. The predicted molar refractivity (Wildman–Crippen MR) is 97.9 cm³/mol. The molecule has 2 aromatic heterocycles. The van der Waals surface area contributed by atoms with Crippen LogP contribution < -0.4 is 0 Å². The lowest BCUT2D eigenvalue weighted by Crippen LogP contribution is -2.50. The Balaban J connectivity index is 1.23. The van der Waals surface area contributed by atoms with Gasteiger partial charge in [-0.1, -0.05) is 23.4 Å². The second-order valence-electron chi connectivity index (χ2n) is 7.22. The van der Waals surface area contributed by atoms with Crippen LogP contribution in [-0.2, 0) is 11.3 Å².